The van der Waals surface area contributed by atoms with E-state index in [-0.39, 0.29) is 18.4 Å². The number of amides is 1. The smallest absolute Gasteiger partial charge is 0.251 e. The molecule has 0 spiro atoms. The second-order valence-electron chi connectivity index (χ2n) is 5.63. The van der Waals surface area contributed by atoms with Gasteiger partial charge in [0.2, 0.25) is 0 Å². The Labute approximate surface area is 140 Å². The number of benzene rings is 2. The zero-order valence-electron chi connectivity index (χ0n) is 13.4. The number of carbonyl (C=O) groups is 1. The van der Waals surface area contributed by atoms with Gasteiger partial charge >= 0.3 is 0 Å². The maximum Gasteiger partial charge on any atom is 0.251 e. The highest BCUT2D eigenvalue weighted by Crippen LogP contribution is 2.37. The Morgan fingerprint density at radius 2 is 2.04 bits per heavy atom. The molecule has 1 atom stereocenters. The molecule has 3 rings (SSSR count). The second-order valence-corrected chi connectivity index (χ2v) is 5.63. The van der Waals surface area contributed by atoms with Gasteiger partial charge in [0.05, 0.1) is 19.6 Å². The number of nitrogens with one attached hydrogen (secondary N) is 1. The molecule has 5 heteroatoms. The topological polar surface area (TPSA) is 71.3 Å². The zero-order chi connectivity index (χ0) is 16.9. The van der Waals surface area contributed by atoms with Crippen molar-refractivity contribution in [3.8, 4) is 17.6 Å². The first-order chi connectivity index (χ1) is 11.7. The minimum absolute atomic E-state index is 0.177. The molecule has 5 nitrogen and oxygen atoms in total. The summed E-state index contributed by atoms with van der Waals surface area (Å²) >= 11 is 0. The SMILES string of the molecule is COc1ccc2c(c1OCc1ccccc1)CC(CC#N)NC2=O. The third-order valence-corrected chi connectivity index (χ3v) is 4.04. The number of nitriles is 1. The molecule has 0 saturated carbocycles. The molecule has 1 amide bonds. The molecule has 0 aliphatic carbocycles. The summed E-state index contributed by atoms with van der Waals surface area (Å²) in [7, 11) is 1.58. The van der Waals surface area contributed by atoms with Crippen LogP contribution in [0, 0.1) is 11.3 Å². The number of fused-ring (bicyclic) bond motifs is 1. The summed E-state index contributed by atoms with van der Waals surface area (Å²) in [6.07, 6.45) is 0.816. The normalized spacial score (nSPS) is 15.8. The summed E-state index contributed by atoms with van der Waals surface area (Å²) in [4.78, 5) is 12.3. The number of nitrogens with zero attached hydrogens (tertiary/aromatic N) is 1. The van der Waals surface area contributed by atoms with E-state index >= 15 is 0 Å². The van der Waals surface area contributed by atoms with Gasteiger partial charge in [0.25, 0.3) is 5.91 Å². The Morgan fingerprint density at radius 1 is 1.25 bits per heavy atom. The molecule has 1 aliphatic rings. The van der Waals surface area contributed by atoms with Gasteiger partial charge in [0, 0.05) is 17.2 Å². The first-order valence-corrected chi connectivity index (χ1v) is 7.77. The highest BCUT2D eigenvalue weighted by Gasteiger charge is 2.28. The quantitative estimate of drug-likeness (QED) is 0.919. The van der Waals surface area contributed by atoms with Crippen LogP contribution in [0.25, 0.3) is 0 Å². The molecule has 1 unspecified atom stereocenters. The van der Waals surface area contributed by atoms with E-state index in [0.717, 1.165) is 11.1 Å². The van der Waals surface area contributed by atoms with Crippen molar-refractivity contribution >= 4 is 5.91 Å². The van der Waals surface area contributed by atoms with E-state index in [9.17, 15) is 4.79 Å². The molecule has 0 radical (unpaired) electrons. The fourth-order valence-electron chi connectivity index (χ4n) is 2.86. The van der Waals surface area contributed by atoms with Crippen LogP contribution in [0.1, 0.15) is 27.9 Å². The zero-order valence-corrected chi connectivity index (χ0v) is 13.4. The van der Waals surface area contributed by atoms with Crippen LogP contribution in [0.3, 0.4) is 0 Å². The Balaban J connectivity index is 1.93. The molecule has 1 aliphatic heterocycles. The minimum Gasteiger partial charge on any atom is -0.493 e. The minimum atomic E-state index is -0.207. The molecule has 1 N–H and O–H groups in total. The Bertz CT molecular complexity index is 781. The molecule has 0 fully saturated rings. The van der Waals surface area contributed by atoms with E-state index in [0.29, 0.717) is 30.1 Å². The maximum absolute atomic E-state index is 12.3. The number of hydrogen-bond donors (Lipinski definition) is 1. The summed E-state index contributed by atoms with van der Waals surface area (Å²) in [6, 6.07) is 15.2. The van der Waals surface area contributed by atoms with Gasteiger partial charge in [-0.05, 0) is 24.1 Å². The third kappa shape index (κ3) is 3.18. The fourth-order valence-corrected chi connectivity index (χ4v) is 2.86. The molecular formula is C19H18N2O3. The summed E-state index contributed by atoms with van der Waals surface area (Å²) < 4.78 is 11.4. The predicted molar refractivity (Wildman–Crippen MR) is 89.0 cm³/mol. The van der Waals surface area contributed by atoms with Crippen molar-refractivity contribution in [3.63, 3.8) is 0 Å². The van der Waals surface area contributed by atoms with Crippen molar-refractivity contribution in [2.75, 3.05) is 7.11 Å². The van der Waals surface area contributed by atoms with E-state index in [1.54, 1.807) is 19.2 Å². The van der Waals surface area contributed by atoms with Gasteiger partial charge in [-0.2, -0.15) is 5.26 Å². The molecule has 122 valence electrons. The van der Waals surface area contributed by atoms with E-state index in [1.165, 1.54) is 0 Å². The summed E-state index contributed by atoms with van der Waals surface area (Å²) in [5.74, 6) is 0.996. The molecule has 0 bridgehead atoms. The molecule has 2 aromatic rings. The van der Waals surface area contributed by atoms with Crippen molar-refractivity contribution < 1.29 is 14.3 Å². The van der Waals surface area contributed by atoms with Crippen LogP contribution >= 0.6 is 0 Å². The number of rotatable bonds is 5. The number of methoxy groups -OCH3 is 1. The lowest BCUT2D eigenvalue weighted by molar-refractivity contribution is 0.0924. The fraction of sp³-hybridized carbons (Fsp3) is 0.263. The summed E-state index contributed by atoms with van der Waals surface area (Å²) in [6.45, 7) is 0.387. The lowest BCUT2D eigenvalue weighted by Crippen LogP contribution is -2.41. The van der Waals surface area contributed by atoms with Crippen LogP contribution in [0.2, 0.25) is 0 Å². The van der Waals surface area contributed by atoms with E-state index < -0.39 is 0 Å². The lowest BCUT2D eigenvalue weighted by Gasteiger charge is -2.26. The highest BCUT2D eigenvalue weighted by atomic mass is 16.5. The Kier molecular flexibility index (Phi) is 4.66. The van der Waals surface area contributed by atoms with Crippen LogP contribution in [0.4, 0.5) is 0 Å². The summed E-state index contributed by atoms with van der Waals surface area (Å²) in [5, 5.41) is 11.8. The number of ether oxygens (including phenoxy) is 2. The lowest BCUT2D eigenvalue weighted by atomic mass is 9.92. The average Bonchev–Trinajstić information content (AvgIpc) is 2.61. The first kappa shape index (κ1) is 15.9. The largest absolute Gasteiger partial charge is 0.493 e. The average molecular weight is 322 g/mol. The molecule has 1 heterocycles. The van der Waals surface area contributed by atoms with Crippen molar-refractivity contribution in [3.05, 3.63) is 59.2 Å². The van der Waals surface area contributed by atoms with Crippen molar-refractivity contribution in [2.45, 2.75) is 25.5 Å². The van der Waals surface area contributed by atoms with Crippen molar-refractivity contribution in [2.24, 2.45) is 0 Å². The van der Waals surface area contributed by atoms with Gasteiger partial charge < -0.3 is 14.8 Å². The number of carbonyl (C=O) groups excluding carboxylic acids is 1. The second kappa shape index (κ2) is 7.05. The number of hydrogen-bond acceptors (Lipinski definition) is 4. The van der Waals surface area contributed by atoms with Crippen LogP contribution in [-0.4, -0.2) is 19.1 Å². The third-order valence-electron chi connectivity index (χ3n) is 4.04. The molecular weight excluding hydrogens is 304 g/mol. The molecule has 0 saturated heterocycles. The highest BCUT2D eigenvalue weighted by molar-refractivity contribution is 5.98. The van der Waals surface area contributed by atoms with Gasteiger partial charge in [-0.1, -0.05) is 30.3 Å². The van der Waals surface area contributed by atoms with Crippen LogP contribution in [0.5, 0.6) is 11.5 Å². The molecule has 0 aromatic heterocycles. The Morgan fingerprint density at radius 3 is 2.75 bits per heavy atom. The standard InChI is InChI=1S/C19H18N2O3/c1-23-17-8-7-15-16(11-14(9-10-20)21-19(15)22)18(17)24-12-13-5-3-2-4-6-13/h2-8,14H,9,11-12H2,1H3,(H,21,22). The van der Waals surface area contributed by atoms with Gasteiger partial charge in [-0.3, -0.25) is 4.79 Å². The van der Waals surface area contributed by atoms with E-state index in [4.69, 9.17) is 14.7 Å². The van der Waals surface area contributed by atoms with Gasteiger partial charge in [0.15, 0.2) is 11.5 Å². The summed E-state index contributed by atoms with van der Waals surface area (Å²) in [5.41, 5.74) is 2.41. The van der Waals surface area contributed by atoms with Crippen LogP contribution < -0.4 is 14.8 Å². The molecule has 24 heavy (non-hydrogen) atoms. The monoisotopic (exact) mass is 322 g/mol. The van der Waals surface area contributed by atoms with Gasteiger partial charge in [0.1, 0.15) is 6.61 Å². The van der Waals surface area contributed by atoms with Crippen molar-refractivity contribution in [1.29, 1.82) is 5.26 Å². The first-order valence-electron chi connectivity index (χ1n) is 7.77. The van der Waals surface area contributed by atoms with Gasteiger partial charge in [-0.25, -0.2) is 0 Å². The van der Waals surface area contributed by atoms with E-state index in [2.05, 4.69) is 11.4 Å². The van der Waals surface area contributed by atoms with Gasteiger partial charge in [-0.15, -0.1) is 0 Å². The predicted octanol–water partition coefficient (Wildman–Crippen LogP) is 2.84. The maximum atomic E-state index is 12.3. The van der Waals surface area contributed by atoms with E-state index in [1.807, 2.05) is 30.3 Å². The van der Waals surface area contributed by atoms with Crippen LogP contribution in [0.15, 0.2) is 42.5 Å². The van der Waals surface area contributed by atoms with Crippen molar-refractivity contribution in [1.82, 2.24) is 5.32 Å². The van der Waals surface area contributed by atoms with Crippen LogP contribution in [-0.2, 0) is 13.0 Å². The molecule has 2 aromatic carbocycles. The Hall–Kier alpha value is -3.00.